The lowest BCUT2D eigenvalue weighted by molar-refractivity contribution is -0.138. The lowest BCUT2D eigenvalue weighted by Crippen LogP contribution is -2.54. The molecule has 0 saturated heterocycles. The van der Waals surface area contributed by atoms with Crippen LogP contribution in [0.2, 0.25) is 0 Å². The number of aromatic carboxylic acids is 1. The first-order valence-electron chi connectivity index (χ1n) is 9.48. The number of aromatic nitrogens is 1. The molecule has 1 aliphatic rings. The molecule has 1 aromatic carbocycles. The molecule has 7 N–H and O–H groups in total. The summed E-state index contributed by atoms with van der Waals surface area (Å²) >= 11 is 1.04. The average molecular weight is 477 g/mol. The van der Waals surface area contributed by atoms with E-state index < -0.39 is 36.6 Å². The number of rotatable bonds is 8. The van der Waals surface area contributed by atoms with E-state index in [1.54, 1.807) is 6.07 Å². The Morgan fingerprint density at radius 1 is 1.39 bits per heavy atom. The molecule has 1 amide bonds. The zero-order valence-corrected chi connectivity index (χ0v) is 18.1. The fourth-order valence-electron chi connectivity index (χ4n) is 3.41. The molecule has 0 spiro atoms. The molecule has 0 fully saturated rings. The monoisotopic (exact) mass is 477 g/mol. The number of likely N-dealkylation sites (N-methyl/N-ethyl adjacent to an activating group) is 1. The van der Waals surface area contributed by atoms with Crippen LogP contribution >= 0.6 is 11.3 Å². The maximum Gasteiger partial charge on any atom is 0.547 e. The van der Waals surface area contributed by atoms with E-state index in [-0.39, 0.29) is 41.6 Å². The van der Waals surface area contributed by atoms with Gasteiger partial charge in [-0.15, -0.1) is 11.3 Å². The van der Waals surface area contributed by atoms with Crippen LogP contribution in [-0.4, -0.2) is 80.5 Å². The van der Waals surface area contributed by atoms with Crippen molar-refractivity contribution in [2.24, 2.45) is 5.16 Å². The largest absolute Gasteiger partial charge is 0.547 e. The molecule has 1 atom stereocenters. The molecular weight excluding hydrogens is 457 g/mol. The molecule has 0 aliphatic carbocycles. The number of carbonyl (C=O) groups excluding carboxylic acids is 1. The molecule has 0 saturated carbocycles. The van der Waals surface area contributed by atoms with Gasteiger partial charge in [-0.2, -0.15) is 0 Å². The molecular formula is C18H20BN5O8S. The minimum atomic E-state index is -1.60. The zero-order chi connectivity index (χ0) is 24.3. The highest BCUT2D eigenvalue weighted by molar-refractivity contribution is 7.13. The molecule has 1 aliphatic heterocycles. The Morgan fingerprint density at radius 2 is 2.12 bits per heavy atom. The van der Waals surface area contributed by atoms with Crippen LogP contribution in [-0.2, 0) is 22.6 Å². The third-order valence-electron chi connectivity index (χ3n) is 4.80. The minimum absolute atomic E-state index is 0.0195. The number of thiazole rings is 1. The number of amides is 1. The molecule has 174 valence electrons. The molecule has 1 unspecified atom stereocenters. The second-order valence-electron chi connectivity index (χ2n) is 7.27. The SMILES string of the molecule is CN(CC(=O)O)Cc1ccc2c(c1C(=O)O)OB(O)C(NC(=O)C(=NO)c1csc(N)n1)C2. The van der Waals surface area contributed by atoms with Gasteiger partial charge < -0.3 is 36.1 Å². The number of nitrogens with zero attached hydrogens (tertiary/aromatic N) is 3. The van der Waals surface area contributed by atoms with Gasteiger partial charge in [-0.1, -0.05) is 17.3 Å². The van der Waals surface area contributed by atoms with Crippen LogP contribution in [0.4, 0.5) is 5.13 Å². The van der Waals surface area contributed by atoms with Crippen LogP contribution in [0.3, 0.4) is 0 Å². The van der Waals surface area contributed by atoms with Crippen molar-refractivity contribution in [1.29, 1.82) is 0 Å². The first-order valence-corrected chi connectivity index (χ1v) is 10.4. The van der Waals surface area contributed by atoms with Gasteiger partial charge >= 0.3 is 19.1 Å². The van der Waals surface area contributed by atoms with Crippen LogP contribution in [0.15, 0.2) is 22.7 Å². The molecule has 0 bridgehead atoms. The fourth-order valence-corrected chi connectivity index (χ4v) is 3.96. The van der Waals surface area contributed by atoms with Crippen molar-refractivity contribution < 1.29 is 39.5 Å². The number of benzene rings is 1. The number of hydrogen-bond donors (Lipinski definition) is 6. The van der Waals surface area contributed by atoms with Crippen molar-refractivity contribution in [3.8, 4) is 5.75 Å². The lowest BCUT2D eigenvalue weighted by atomic mass is 9.72. The predicted molar refractivity (Wildman–Crippen MR) is 116 cm³/mol. The third-order valence-corrected chi connectivity index (χ3v) is 5.48. The van der Waals surface area contributed by atoms with Crippen molar-refractivity contribution in [2.75, 3.05) is 19.3 Å². The Hall–Kier alpha value is -3.69. The van der Waals surface area contributed by atoms with Gasteiger partial charge in [0.25, 0.3) is 5.91 Å². The van der Waals surface area contributed by atoms with Crippen LogP contribution in [0.25, 0.3) is 0 Å². The number of hydrogen-bond acceptors (Lipinski definition) is 11. The van der Waals surface area contributed by atoms with E-state index in [1.807, 2.05) is 0 Å². The van der Waals surface area contributed by atoms with Gasteiger partial charge in [-0.25, -0.2) is 9.78 Å². The number of carbonyl (C=O) groups is 3. The smallest absolute Gasteiger partial charge is 0.534 e. The molecule has 3 rings (SSSR count). The fraction of sp³-hybridized carbons (Fsp3) is 0.278. The molecule has 1 aromatic heterocycles. The number of carboxylic acids is 2. The van der Waals surface area contributed by atoms with E-state index in [0.29, 0.717) is 11.1 Å². The third kappa shape index (κ3) is 5.39. The van der Waals surface area contributed by atoms with Gasteiger partial charge in [-0.05, 0) is 24.6 Å². The van der Waals surface area contributed by atoms with E-state index in [4.69, 9.17) is 15.5 Å². The van der Waals surface area contributed by atoms with Crippen LogP contribution < -0.4 is 15.7 Å². The quantitative estimate of drug-likeness (QED) is 0.121. The summed E-state index contributed by atoms with van der Waals surface area (Å²) < 4.78 is 5.45. The highest BCUT2D eigenvalue weighted by Crippen LogP contribution is 2.33. The van der Waals surface area contributed by atoms with E-state index in [9.17, 15) is 29.7 Å². The van der Waals surface area contributed by atoms with Crippen LogP contribution in [0.5, 0.6) is 5.75 Å². The van der Waals surface area contributed by atoms with Crippen LogP contribution in [0, 0.1) is 0 Å². The topological polar surface area (TPSA) is 208 Å². The summed E-state index contributed by atoms with van der Waals surface area (Å²) in [6.07, 6.45) is 0.0195. The number of anilines is 1. The van der Waals surface area contributed by atoms with Crippen molar-refractivity contribution >= 4 is 47.1 Å². The van der Waals surface area contributed by atoms with Gasteiger partial charge in [-0.3, -0.25) is 14.5 Å². The summed E-state index contributed by atoms with van der Waals surface area (Å²) in [4.78, 5) is 40.7. The average Bonchev–Trinajstić information content (AvgIpc) is 3.14. The second kappa shape index (κ2) is 9.85. The zero-order valence-electron chi connectivity index (χ0n) is 17.3. The van der Waals surface area contributed by atoms with E-state index >= 15 is 0 Å². The number of aliphatic carboxylic acids is 1. The Balaban J connectivity index is 1.82. The molecule has 13 nitrogen and oxygen atoms in total. The maximum atomic E-state index is 12.6. The normalized spacial score (nSPS) is 15.7. The van der Waals surface area contributed by atoms with Crippen molar-refractivity contribution in [1.82, 2.24) is 15.2 Å². The van der Waals surface area contributed by atoms with Gasteiger partial charge in [0, 0.05) is 11.9 Å². The second-order valence-corrected chi connectivity index (χ2v) is 8.16. The summed E-state index contributed by atoms with van der Waals surface area (Å²) in [6.45, 7) is -0.277. The highest BCUT2D eigenvalue weighted by Gasteiger charge is 2.39. The summed E-state index contributed by atoms with van der Waals surface area (Å²) in [5.41, 5.74) is 5.68. The summed E-state index contributed by atoms with van der Waals surface area (Å²) in [5.74, 6) is -4.27. The summed E-state index contributed by atoms with van der Waals surface area (Å²) in [7, 11) is -0.0801. The van der Waals surface area contributed by atoms with Gasteiger partial charge in [0.05, 0.1) is 12.5 Å². The Morgan fingerprint density at radius 3 is 2.70 bits per heavy atom. The summed E-state index contributed by atoms with van der Waals surface area (Å²) in [5, 5.41) is 45.3. The lowest BCUT2D eigenvalue weighted by Gasteiger charge is -2.30. The van der Waals surface area contributed by atoms with E-state index in [1.165, 1.54) is 23.4 Å². The van der Waals surface area contributed by atoms with Gasteiger partial charge in [0.2, 0.25) is 0 Å². The van der Waals surface area contributed by atoms with Crippen molar-refractivity contribution in [3.63, 3.8) is 0 Å². The van der Waals surface area contributed by atoms with E-state index in [2.05, 4.69) is 15.5 Å². The Kier molecular flexibility index (Phi) is 7.15. The number of nitrogen functional groups attached to an aromatic ring is 1. The standard InChI is InChI=1S/C18H20BN5O8S/c1-24(6-12(25)26)5-9-3-2-8-4-11(19(30)32-15(8)13(9)17(28)29)22-16(27)14(23-31)10-7-33-18(20)21-10/h2-3,7,11,30-31H,4-6H2,1H3,(H2,20,21)(H,22,27)(H,25,26)(H,28,29). The molecule has 15 heteroatoms. The summed E-state index contributed by atoms with van der Waals surface area (Å²) in [6, 6.07) is 3.11. The number of carboxylic acid groups (broad SMARTS) is 2. The van der Waals surface area contributed by atoms with E-state index in [0.717, 1.165) is 11.3 Å². The van der Waals surface area contributed by atoms with Gasteiger partial charge in [0.1, 0.15) is 17.0 Å². The first kappa shape index (κ1) is 24.0. The number of nitrogens with two attached hydrogens (primary N) is 1. The molecule has 33 heavy (non-hydrogen) atoms. The maximum absolute atomic E-state index is 12.6. The first-order chi connectivity index (χ1) is 15.6. The number of nitrogens with one attached hydrogen (secondary N) is 1. The Bertz CT molecular complexity index is 1120. The predicted octanol–water partition coefficient (Wildman–Crippen LogP) is -0.742. The van der Waals surface area contributed by atoms with Crippen molar-refractivity contribution in [3.05, 3.63) is 39.9 Å². The van der Waals surface area contributed by atoms with Crippen LogP contribution in [0.1, 0.15) is 27.2 Å². The number of oxime groups is 1. The number of fused-ring (bicyclic) bond motifs is 1. The molecule has 2 aromatic rings. The van der Waals surface area contributed by atoms with Gasteiger partial charge in [0.15, 0.2) is 10.8 Å². The minimum Gasteiger partial charge on any atom is -0.534 e. The highest BCUT2D eigenvalue weighted by atomic mass is 32.1. The van der Waals surface area contributed by atoms with Crippen molar-refractivity contribution in [2.45, 2.75) is 18.9 Å². The molecule has 2 heterocycles. The molecule has 0 radical (unpaired) electrons. The Labute approximate surface area is 191 Å².